The fraction of sp³-hybridized carbons (Fsp3) is 0.0909. The van der Waals surface area contributed by atoms with Gasteiger partial charge in [0.2, 0.25) is 5.88 Å². The highest BCUT2D eigenvalue weighted by atomic mass is 79.9. The van der Waals surface area contributed by atoms with Gasteiger partial charge in [-0.2, -0.15) is 0 Å². The average molecular weight is 464 g/mol. The van der Waals surface area contributed by atoms with Crippen molar-refractivity contribution in [1.82, 2.24) is 19.7 Å². The average Bonchev–Trinajstić information content (AvgIpc) is 3.25. The van der Waals surface area contributed by atoms with E-state index in [1.807, 2.05) is 47.9 Å². The minimum atomic E-state index is -0.315. The van der Waals surface area contributed by atoms with E-state index in [-0.39, 0.29) is 11.8 Å². The lowest BCUT2D eigenvalue weighted by molar-refractivity contribution is 0.102. The van der Waals surface area contributed by atoms with E-state index in [0.29, 0.717) is 17.0 Å². The van der Waals surface area contributed by atoms with Crippen LogP contribution in [0.5, 0.6) is 11.6 Å². The Morgan fingerprint density at radius 3 is 2.77 bits per heavy atom. The number of hydrogen-bond acceptors (Lipinski definition) is 5. The molecule has 0 aliphatic heterocycles. The Bertz CT molecular complexity index is 1170. The highest BCUT2D eigenvalue weighted by Gasteiger charge is 2.15. The van der Waals surface area contributed by atoms with Crippen molar-refractivity contribution in [2.45, 2.75) is 13.5 Å². The van der Waals surface area contributed by atoms with Crippen LogP contribution in [0.1, 0.15) is 17.3 Å². The van der Waals surface area contributed by atoms with Crippen LogP contribution >= 0.6 is 15.9 Å². The van der Waals surface area contributed by atoms with Crippen molar-refractivity contribution < 1.29 is 9.53 Å². The van der Waals surface area contributed by atoms with Crippen molar-refractivity contribution in [2.75, 3.05) is 5.32 Å². The van der Waals surface area contributed by atoms with Crippen molar-refractivity contribution in [1.29, 1.82) is 0 Å². The topological polar surface area (TPSA) is 81.9 Å². The van der Waals surface area contributed by atoms with Crippen LogP contribution in [0.25, 0.3) is 11.4 Å². The summed E-state index contributed by atoms with van der Waals surface area (Å²) >= 11 is 3.39. The maximum absolute atomic E-state index is 12.9. The zero-order valence-electron chi connectivity index (χ0n) is 16.1. The van der Waals surface area contributed by atoms with E-state index in [2.05, 4.69) is 36.4 Å². The second kappa shape index (κ2) is 8.87. The number of nitrogens with zero attached hydrogens (tertiary/aromatic N) is 4. The third-order valence-electron chi connectivity index (χ3n) is 4.38. The smallest absolute Gasteiger partial charge is 0.261 e. The molecule has 0 aliphatic carbocycles. The largest absolute Gasteiger partial charge is 0.438 e. The number of ether oxygens (including phenoxy) is 1. The van der Waals surface area contributed by atoms with E-state index in [0.717, 1.165) is 22.4 Å². The fourth-order valence-corrected chi connectivity index (χ4v) is 3.17. The minimum absolute atomic E-state index is 0.235. The number of benzene rings is 2. The summed E-state index contributed by atoms with van der Waals surface area (Å²) in [5.41, 5.74) is 1.84. The normalized spacial score (nSPS) is 10.6. The van der Waals surface area contributed by atoms with Crippen LogP contribution in [0.15, 0.2) is 77.7 Å². The number of amides is 1. The molecule has 1 amide bonds. The Balaban J connectivity index is 1.56. The van der Waals surface area contributed by atoms with Gasteiger partial charge >= 0.3 is 0 Å². The molecule has 0 atom stereocenters. The van der Waals surface area contributed by atoms with Gasteiger partial charge in [-0.15, -0.1) is 10.2 Å². The van der Waals surface area contributed by atoms with E-state index in [1.165, 1.54) is 0 Å². The molecule has 0 fully saturated rings. The standard InChI is InChI=1S/C22H18BrN5O2/c1-2-28-14-25-27-20(28)15-5-3-6-17(13-15)26-21(29)19-7-4-12-24-22(19)30-18-10-8-16(23)9-11-18/h3-14H,2H2,1H3,(H,26,29). The summed E-state index contributed by atoms with van der Waals surface area (Å²) in [5.74, 6) is 1.25. The van der Waals surface area contributed by atoms with Gasteiger partial charge in [0.1, 0.15) is 17.6 Å². The zero-order valence-corrected chi connectivity index (χ0v) is 17.7. The predicted molar refractivity (Wildman–Crippen MR) is 118 cm³/mol. The molecule has 0 bridgehead atoms. The molecule has 2 aromatic heterocycles. The Labute approximate surface area is 181 Å². The first-order valence-electron chi connectivity index (χ1n) is 9.32. The number of carbonyl (C=O) groups is 1. The number of aryl methyl sites for hydroxylation is 1. The maximum atomic E-state index is 12.9. The van der Waals surface area contributed by atoms with E-state index in [9.17, 15) is 4.79 Å². The molecular formula is C22H18BrN5O2. The molecule has 7 nitrogen and oxygen atoms in total. The lowest BCUT2D eigenvalue weighted by Crippen LogP contribution is -2.13. The number of aromatic nitrogens is 4. The fourth-order valence-electron chi connectivity index (χ4n) is 2.90. The molecule has 150 valence electrons. The Kier molecular flexibility index (Phi) is 5.85. The summed E-state index contributed by atoms with van der Waals surface area (Å²) in [5, 5.41) is 11.0. The van der Waals surface area contributed by atoms with Crippen LogP contribution in [0.4, 0.5) is 5.69 Å². The van der Waals surface area contributed by atoms with Crippen molar-refractivity contribution in [3.8, 4) is 23.0 Å². The van der Waals surface area contributed by atoms with Crippen LogP contribution in [0.2, 0.25) is 0 Å². The number of pyridine rings is 1. The summed E-state index contributed by atoms with van der Waals surface area (Å²) in [6.07, 6.45) is 3.27. The molecule has 1 N–H and O–H groups in total. The Morgan fingerprint density at radius 2 is 1.97 bits per heavy atom. The van der Waals surface area contributed by atoms with Gasteiger partial charge in [-0.05, 0) is 55.5 Å². The van der Waals surface area contributed by atoms with Crippen LogP contribution in [0, 0.1) is 0 Å². The number of rotatable bonds is 6. The zero-order chi connectivity index (χ0) is 20.9. The molecule has 0 aliphatic rings. The molecule has 4 rings (SSSR count). The highest BCUT2D eigenvalue weighted by Crippen LogP contribution is 2.26. The van der Waals surface area contributed by atoms with Gasteiger partial charge in [-0.3, -0.25) is 4.79 Å². The van der Waals surface area contributed by atoms with Gasteiger partial charge in [0, 0.05) is 28.5 Å². The Morgan fingerprint density at radius 1 is 1.13 bits per heavy atom. The van der Waals surface area contributed by atoms with Gasteiger partial charge in [0.15, 0.2) is 5.82 Å². The number of carbonyl (C=O) groups excluding carboxylic acids is 1. The number of halogens is 1. The summed E-state index contributed by atoms with van der Waals surface area (Å²) in [6, 6.07) is 18.2. The lowest BCUT2D eigenvalue weighted by Gasteiger charge is -2.11. The van der Waals surface area contributed by atoms with E-state index < -0.39 is 0 Å². The molecule has 4 aromatic rings. The van der Waals surface area contributed by atoms with Crippen LogP contribution in [-0.4, -0.2) is 25.7 Å². The monoisotopic (exact) mass is 463 g/mol. The van der Waals surface area contributed by atoms with E-state index in [1.54, 1.807) is 36.8 Å². The molecular weight excluding hydrogens is 446 g/mol. The van der Waals surface area contributed by atoms with Crippen LogP contribution in [-0.2, 0) is 6.54 Å². The summed E-state index contributed by atoms with van der Waals surface area (Å²) in [6.45, 7) is 2.78. The van der Waals surface area contributed by atoms with Crippen LogP contribution < -0.4 is 10.1 Å². The molecule has 30 heavy (non-hydrogen) atoms. The molecule has 2 aromatic carbocycles. The number of anilines is 1. The highest BCUT2D eigenvalue weighted by molar-refractivity contribution is 9.10. The lowest BCUT2D eigenvalue weighted by atomic mass is 10.1. The summed E-state index contributed by atoms with van der Waals surface area (Å²) in [7, 11) is 0. The first kappa shape index (κ1) is 19.8. The summed E-state index contributed by atoms with van der Waals surface area (Å²) in [4.78, 5) is 17.2. The quantitative estimate of drug-likeness (QED) is 0.426. The summed E-state index contributed by atoms with van der Waals surface area (Å²) < 4.78 is 8.70. The Hall–Kier alpha value is -3.52. The predicted octanol–water partition coefficient (Wildman–Crippen LogP) is 5.17. The van der Waals surface area contributed by atoms with Gasteiger partial charge < -0.3 is 14.6 Å². The molecule has 8 heteroatoms. The van der Waals surface area contributed by atoms with Crippen molar-refractivity contribution in [3.05, 3.63) is 83.2 Å². The van der Waals surface area contributed by atoms with Crippen molar-refractivity contribution >= 4 is 27.5 Å². The second-order valence-electron chi connectivity index (χ2n) is 6.39. The maximum Gasteiger partial charge on any atom is 0.261 e. The molecule has 0 saturated carbocycles. The first-order valence-corrected chi connectivity index (χ1v) is 10.1. The molecule has 2 heterocycles. The van der Waals surface area contributed by atoms with E-state index in [4.69, 9.17) is 4.74 Å². The third-order valence-corrected chi connectivity index (χ3v) is 4.91. The first-order chi connectivity index (χ1) is 14.6. The third kappa shape index (κ3) is 4.38. The van der Waals surface area contributed by atoms with Gasteiger partial charge in [-0.1, -0.05) is 28.1 Å². The van der Waals surface area contributed by atoms with Crippen LogP contribution in [0.3, 0.4) is 0 Å². The number of nitrogens with one attached hydrogen (secondary N) is 1. The second-order valence-corrected chi connectivity index (χ2v) is 7.30. The van der Waals surface area contributed by atoms with Gasteiger partial charge in [0.05, 0.1) is 0 Å². The van der Waals surface area contributed by atoms with Crippen molar-refractivity contribution in [3.63, 3.8) is 0 Å². The molecule has 0 unspecified atom stereocenters. The number of hydrogen-bond donors (Lipinski definition) is 1. The van der Waals surface area contributed by atoms with Gasteiger partial charge in [-0.25, -0.2) is 4.98 Å². The van der Waals surface area contributed by atoms with E-state index >= 15 is 0 Å². The van der Waals surface area contributed by atoms with Gasteiger partial charge in [0.25, 0.3) is 5.91 Å². The molecule has 0 spiro atoms. The SMILES string of the molecule is CCn1cnnc1-c1cccc(NC(=O)c2cccnc2Oc2ccc(Br)cc2)c1. The van der Waals surface area contributed by atoms with Crippen molar-refractivity contribution in [2.24, 2.45) is 0 Å². The molecule has 0 saturated heterocycles. The minimum Gasteiger partial charge on any atom is -0.438 e. The molecule has 0 radical (unpaired) electrons.